The van der Waals surface area contributed by atoms with Crippen LogP contribution in [0.3, 0.4) is 0 Å². The maximum atomic E-state index is 14.0. The van der Waals surface area contributed by atoms with Gasteiger partial charge in [0.2, 0.25) is 10.0 Å². The van der Waals surface area contributed by atoms with E-state index in [1.807, 2.05) is 41.9 Å². The average Bonchev–Trinajstić information content (AvgIpc) is 3.23. The van der Waals surface area contributed by atoms with Crippen molar-refractivity contribution in [2.45, 2.75) is 45.6 Å². The zero-order chi connectivity index (χ0) is 27.4. The van der Waals surface area contributed by atoms with Crippen LogP contribution in [0.2, 0.25) is 10.0 Å². The van der Waals surface area contributed by atoms with Gasteiger partial charge in [-0.15, -0.1) is 0 Å². The normalized spacial score (nSPS) is 15.1. The molecular formula is C28H37Cl2N5O2S. The molecule has 0 amide bonds. The minimum atomic E-state index is -3.93. The van der Waals surface area contributed by atoms with Crippen LogP contribution in [0.4, 0.5) is 5.82 Å². The van der Waals surface area contributed by atoms with Crippen molar-refractivity contribution in [2.24, 2.45) is 5.92 Å². The molecule has 0 saturated carbocycles. The predicted octanol–water partition coefficient (Wildman–Crippen LogP) is 5.87. The van der Waals surface area contributed by atoms with E-state index in [1.165, 1.54) is 16.4 Å². The summed E-state index contributed by atoms with van der Waals surface area (Å²) in [6.45, 7) is 13.5. The van der Waals surface area contributed by atoms with Crippen LogP contribution in [0.5, 0.6) is 0 Å². The van der Waals surface area contributed by atoms with E-state index in [1.54, 1.807) is 6.07 Å². The van der Waals surface area contributed by atoms with E-state index in [4.69, 9.17) is 28.3 Å². The second-order valence-electron chi connectivity index (χ2n) is 10.2. The van der Waals surface area contributed by atoms with Gasteiger partial charge in [-0.05, 0) is 56.1 Å². The number of halogens is 2. The smallest absolute Gasteiger partial charge is 0.244 e. The molecule has 0 radical (unpaired) electrons. The quantitative estimate of drug-likeness (QED) is 0.301. The SMILES string of the molecule is CCN1CCN(c2c(CN(CCC(C)C)S(=O)(=O)c3cc(Cl)ccc3Cl)c(C)nn2-c2ccccc2)CC1. The molecular weight excluding hydrogens is 541 g/mol. The fourth-order valence-electron chi connectivity index (χ4n) is 4.76. The number of nitrogens with zero attached hydrogens (tertiary/aromatic N) is 5. The first kappa shape index (κ1) is 28.9. The molecule has 1 aromatic heterocycles. The van der Waals surface area contributed by atoms with E-state index in [9.17, 15) is 8.42 Å². The van der Waals surface area contributed by atoms with Crippen LogP contribution in [0.25, 0.3) is 5.69 Å². The van der Waals surface area contributed by atoms with Gasteiger partial charge in [0.25, 0.3) is 0 Å². The summed E-state index contributed by atoms with van der Waals surface area (Å²) >= 11 is 12.6. The van der Waals surface area contributed by atoms with E-state index in [0.29, 0.717) is 23.9 Å². The molecule has 7 nitrogen and oxygen atoms in total. The van der Waals surface area contributed by atoms with Gasteiger partial charge in [0.05, 0.1) is 16.4 Å². The number of hydrogen-bond acceptors (Lipinski definition) is 5. The number of benzene rings is 2. The Morgan fingerprint density at radius 2 is 1.71 bits per heavy atom. The van der Waals surface area contributed by atoms with Crippen LogP contribution in [0.15, 0.2) is 53.4 Å². The standard InChI is InChI=1S/C28H37Cl2N5O2S/c1-5-32-15-17-33(18-16-32)28-25(22(4)31-35(28)24-9-7-6-8-10-24)20-34(14-13-21(2)3)38(36,37)27-19-23(29)11-12-26(27)30/h6-12,19,21H,5,13-18,20H2,1-4H3. The second kappa shape index (κ2) is 12.4. The van der Waals surface area contributed by atoms with Crippen molar-refractivity contribution in [3.05, 3.63) is 69.8 Å². The highest BCUT2D eigenvalue weighted by Crippen LogP contribution is 2.33. The van der Waals surface area contributed by atoms with Gasteiger partial charge in [0.15, 0.2) is 0 Å². The first-order valence-electron chi connectivity index (χ1n) is 13.2. The van der Waals surface area contributed by atoms with Crippen molar-refractivity contribution < 1.29 is 8.42 Å². The number of sulfonamides is 1. The summed E-state index contributed by atoms with van der Waals surface area (Å²) in [7, 11) is -3.93. The maximum absolute atomic E-state index is 14.0. The Hall–Kier alpha value is -2.10. The number of rotatable bonds is 10. The Bertz CT molecular complexity index is 1340. The van der Waals surface area contributed by atoms with Crippen LogP contribution in [-0.4, -0.2) is 66.7 Å². The summed E-state index contributed by atoms with van der Waals surface area (Å²) in [4.78, 5) is 4.79. The van der Waals surface area contributed by atoms with Crippen molar-refractivity contribution in [3.63, 3.8) is 0 Å². The summed E-state index contributed by atoms with van der Waals surface area (Å²) in [6, 6.07) is 14.6. The first-order valence-corrected chi connectivity index (χ1v) is 15.4. The topological polar surface area (TPSA) is 61.7 Å². The number of aromatic nitrogens is 2. The highest BCUT2D eigenvalue weighted by molar-refractivity contribution is 7.89. The summed E-state index contributed by atoms with van der Waals surface area (Å²) in [6.07, 6.45) is 0.716. The van der Waals surface area contributed by atoms with Gasteiger partial charge in [-0.25, -0.2) is 13.1 Å². The molecule has 2 heterocycles. The Labute approximate surface area is 237 Å². The van der Waals surface area contributed by atoms with E-state index >= 15 is 0 Å². The number of anilines is 1. The molecule has 1 fully saturated rings. The third-order valence-electron chi connectivity index (χ3n) is 7.08. The fourth-order valence-corrected chi connectivity index (χ4v) is 6.92. The molecule has 1 aliphatic heterocycles. The van der Waals surface area contributed by atoms with Crippen LogP contribution in [0, 0.1) is 12.8 Å². The summed E-state index contributed by atoms with van der Waals surface area (Å²) in [5.74, 6) is 1.28. The molecule has 0 unspecified atom stereocenters. The van der Waals surface area contributed by atoms with Crippen molar-refractivity contribution in [2.75, 3.05) is 44.2 Å². The number of aryl methyl sites for hydroxylation is 1. The van der Waals surface area contributed by atoms with E-state index < -0.39 is 10.0 Å². The maximum Gasteiger partial charge on any atom is 0.244 e. The third-order valence-corrected chi connectivity index (χ3v) is 9.64. The lowest BCUT2D eigenvalue weighted by molar-refractivity contribution is 0.269. The first-order chi connectivity index (χ1) is 18.1. The van der Waals surface area contributed by atoms with Gasteiger partial charge in [-0.1, -0.05) is 62.2 Å². The molecule has 2 aromatic carbocycles. The molecule has 4 rings (SSSR count). The van der Waals surface area contributed by atoms with Gasteiger partial charge in [-0.3, -0.25) is 0 Å². The van der Waals surface area contributed by atoms with Crippen molar-refractivity contribution >= 4 is 39.0 Å². The highest BCUT2D eigenvalue weighted by Gasteiger charge is 2.32. The summed E-state index contributed by atoms with van der Waals surface area (Å²) < 4.78 is 31.5. The molecule has 10 heteroatoms. The van der Waals surface area contributed by atoms with Crippen LogP contribution in [0.1, 0.15) is 38.4 Å². The van der Waals surface area contributed by atoms with Crippen LogP contribution >= 0.6 is 23.2 Å². The van der Waals surface area contributed by atoms with E-state index in [2.05, 4.69) is 30.6 Å². The molecule has 1 saturated heterocycles. The monoisotopic (exact) mass is 577 g/mol. The number of likely N-dealkylation sites (N-methyl/N-ethyl adjacent to an activating group) is 1. The van der Waals surface area contributed by atoms with E-state index in [0.717, 1.165) is 55.5 Å². The van der Waals surface area contributed by atoms with E-state index in [-0.39, 0.29) is 16.5 Å². The lowest BCUT2D eigenvalue weighted by Crippen LogP contribution is -2.47. The minimum Gasteiger partial charge on any atom is -0.354 e. The number of piperazine rings is 1. The average molecular weight is 579 g/mol. The van der Waals surface area contributed by atoms with Gasteiger partial charge in [0, 0.05) is 49.9 Å². The second-order valence-corrected chi connectivity index (χ2v) is 12.9. The summed E-state index contributed by atoms with van der Waals surface area (Å²) in [5.41, 5.74) is 2.66. The highest BCUT2D eigenvalue weighted by atomic mass is 35.5. The molecule has 1 aliphatic rings. The lowest BCUT2D eigenvalue weighted by atomic mass is 10.1. The van der Waals surface area contributed by atoms with Crippen molar-refractivity contribution in [1.29, 1.82) is 0 Å². The lowest BCUT2D eigenvalue weighted by Gasteiger charge is -2.36. The Kier molecular flexibility index (Phi) is 9.42. The van der Waals surface area contributed by atoms with Crippen LogP contribution < -0.4 is 4.90 Å². The molecule has 0 bridgehead atoms. The number of para-hydroxylation sites is 1. The van der Waals surface area contributed by atoms with Gasteiger partial charge in [0.1, 0.15) is 10.7 Å². The molecule has 0 atom stereocenters. The van der Waals surface area contributed by atoms with Crippen molar-refractivity contribution in [1.82, 2.24) is 19.0 Å². The minimum absolute atomic E-state index is 0.0293. The van der Waals surface area contributed by atoms with Gasteiger partial charge in [-0.2, -0.15) is 9.40 Å². The summed E-state index contributed by atoms with van der Waals surface area (Å²) in [5, 5.41) is 5.42. The molecule has 38 heavy (non-hydrogen) atoms. The van der Waals surface area contributed by atoms with Crippen molar-refractivity contribution in [3.8, 4) is 5.69 Å². The zero-order valence-electron chi connectivity index (χ0n) is 22.6. The molecule has 0 N–H and O–H groups in total. The predicted molar refractivity (Wildman–Crippen MR) is 156 cm³/mol. The fraction of sp³-hybridized carbons (Fsp3) is 0.464. The van der Waals surface area contributed by atoms with Gasteiger partial charge < -0.3 is 9.80 Å². The Balaban J connectivity index is 1.80. The third kappa shape index (κ3) is 6.37. The number of hydrogen-bond donors (Lipinski definition) is 0. The molecule has 0 aliphatic carbocycles. The van der Waals surface area contributed by atoms with Gasteiger partial charge >= 0.3 is 0 Å². The Morgan fingerprint density at radius 3 is 2.34 bits per heavy atom. The Morgan fingerprint density at radius 1 is 1.03 bits per heavy atom. The molecule has 3 aromatic rings. The molecule has 206 valence electrons. The molecule has 0 spiro atoms. The van der Waals surface area contributed by atoms with Crippen LogP contribution in [-0.2, 0) is 16.6 Å². The largest absolute Gasteiger partial charge is 0.354 e. The zero-order valence-corrected chi connectivity index (χ0v) is 24.9.